The van der Waals surface area contributed by atoms with Gasteiger partial charge in [-0.2, -0.15) is 0 Å². The second kappa shape index (κ2) is 6.19. The monoisotopic (exact) mass is 291 g/mol. The summed E-state index contributed by atoms with van der Waals surface area (Å²) in [6, 6.07) is 8.06. The fraction of sp³-hybridized carbons (Fsp3) is 0.529. The lowest BCUT2D eigenvalue weighted by Gasteiger charge is -2.23. The van der Waals surface area contributed by atoms with Crippen molar-refractivity contribution in [1.82, 2.24) is 5.32 Å². The van der Waals surface area contributed by atoms with E-state index in [1.54, 1.807) is 0 Å². The smallest absolute Gasteiger partial charge is 0.134 e. The molecule has 2 unspecified atom stereocenters. The third-order valence-electron chi connectivity index (χ3n) is 4.49. The van der Waals surface area contributed by atoms with Crippen molar-refractivity contribution in [3.8, 4) is 0 Å². The first-order valence-corrected chi connectivity index (χ1v) is 7.99. The number of hydrogen-bond acceptors (Lipinski definition) is 2. The Kier molecular flexibility index (Phi) is 4.32. The molecule has 1 aliphatic carbocycles. The minimum atomic E-state index is 0.538. The summed E-state index contributed by atoms with van der Waals surface area (Å²) < 4.78 is 6.11. The van der Waals surface area contributed by atoms with E-state index in [1.807, 2.05) is 25.2 Å². The Balaban J connectivity index is 1.93. The van der Waals surface area contributed by atoms with E-state index in [0.29, 0.717) is 11.8 Å². The highest BCUT2D eigenvalue weighted by molar-refractivity contribution is 6.31. The maximum atomic E-state index is 6.11. The second-order valence-corrected chi connectivity index (χ2v) is 6.33. The Morgan fingerprint density at radius 2 is 2.05 bits per heavy atom. The van der Waals surface area contributed by atoms with Crippen LogP contribution < -0.4 is 5.32 Å². The topological polar surface area (TPSA) is 25.2 Å². The van der Waals surface area contributed by atoms with Gasteiger partial charge in [-0.3, -0.25) is 0 Å². The molecule has 0 radical (unpaired) electrons. The van der Waals surface area contributed by atoms with E-state index < -0.39 is 0 Å². The molecule has 0 saturated heterocycles. The molecule has 0 bridgehead atoms. The molecule has 108 valence electrons. The van der Waals surface area contributed by atoms with Gasteiger partial charge in [0.1, 0.15) is 11.3 Å². The minimum Gasteiger partial charge on any atom is -0.461 e. The Labute approximate surface area is 125 Å². The molecule has 1 aromatic heterocycles. The summed E-state index contributed by atoms with van der Waals surface area (Å²) in [6.07, 6.45) is 6.53. The third-order valence-corrected chi connectivity index (χ3v) is 4.72. The highest BCUT2D eigenvalue weighted by Gasteiger charge is 2.27. The number of fused-ring (bicyclic) bond motifs is 1. The first-order chi connectivity index (χ1) is 9.78. The average molecular weight is 292 g/mol. The summed E-state index contributed by atoms with van der Waals surface area (Å²) in [4.78, 5) is 0. The predicted octanol–water partition coefficient (Wildman–Crippen LogP) is 4.97. The van der Waals surface area contributed by atoms with Gasteiger partial charge >= 0.3 is 0 Å². The van der Waals surface area contributed by atoms with E-state index in [1.165, 1.54) is 32.1 Å². The molecule has 2 atom stereocenters. The molecule has 0 spiro atoms. The molecule has 2 aromatic rings. The lowest BCUT2D eigenvalue weighted by atomic mass is 9.86. The molecule has 1 heterocycles. The van der Waals surface area contributed by atoms with Gasteiger partial charge in [0.05, 0.1) is 0 Å². The van der Waals surface area contributed by atoms with Gasteiger partial charge in [-0.15, -0.1) is 0 Å². The first kappa shape index (κ1) is 14.0. The van der Waals surface area contributed by atoms with Crippen molar-refractivity contribution in [3.63, 3.8) is 0 Å². The van der Waals surface area contributed by atoms with Gasteiger partial charge < -0.3 is 9.73 Å². The quantitative estimate of drug-likeness (QED) is 0.808. The number of nitrogens with one attached hydrogen (secondary N) is 1. The van der Waals surface area contributed by atoms with Crippen LogP contribution in [0.15, 0.2) is 28.7 Å². The molecule has 2 nitrogen and oxygen atoms in total. The molecule has 3 rings (SSSR count). The molecule has 20 heavy (non-hydrogen) atoms. The predicted molar refractivity (Wildman–Crippen MR) is 84.5 cm³/mol. The van der Waals surface area contributed by atoms with Crippen LogP contribution in [0.5, 0.6) is 0 Å². The van der Waals surface area contributed by atoms with E-state index in [9.17, 15) is 0 Å². The van der Waals surface area contributed by atoms with E-state index in [2.05, 4.69) is 11.4 Å². The van der Waals surface area contributed by atoms with Crippen LogP contribution in [-0.4, -0.2) is 13.6 Å². The van der Waals surface area contributed by atoms with Gasteiger partial charge in [-0.1, -0.05) is 30.9 Å². The summed E-state index contributed by atoms with van der Waals surface area (Å²) in [5.41, 5.74) is 0.955. The molecule has 0 amide bonds. The van der Waals surface area contributed by atoms with Gasteiger partial charge in [0, 0.05) is 16.3 Å². The van der Waals surface area contributed by atoms with Crippen LogP contribution in [0.1, 0.15) is 43.8 Å². The fourth-order valence-electron chi connectivity index (χ4n) is 3.48. The van der Waals surface area contributed by atoms with Crippen molar-refractivity contribution in [2.24, 2.45) is 5.92 Å². The normalized spacial score (nSPS) is 23.9. The summed E-state index contributed by atoms with van der Waals surface area (Å²) in [7, 11) is 2.04. The van der Waals surface area contributed by atoms with E-state index in [-0.39, 0.29) is 0 Å². The Morgan fingerprint density at radius 3 is 2.90 bits per heavy atom. The van der Waals surface area contributed by atoms with Crippen molar-refractivity contribution in [3.05, 3.63) is 35.0 Å². The maximum absolute atomic E-state index is 6.11. The highest BCUT2D eigenvalue weighted by atomic mass is 35.5. The van der Waals surface area contributed by atoms with Crippen molar-refractivity contribution in [1.29, 1.82) is 0 Å². The van der Waals surface area contributed by atoms with Gasteiger partial charge in [0.15, 0.2) is 0 Å². The van der Waals surface area contributed by atoms with Crippen molar-refractivity contribution < 1.29 is 4.42 Å². The van der Waals surface area contributed by atoms with E-state index >= 15 is 0 Å². The van der Waals surface area contributed by atoms with Gasteiger partial charge in [-0.25, -0.2) is 0 Å². The highest BCUT2D eigenvalue weighted by Crippen LogP contribution is 2.38. The molecule has 1 aromatic carbocycles. The van der Waals surface area contributed by atoms with Crippen molar-refractivity contribution in [2.45, 2.75) is 38.0 Å². The van der Waals surface area contributed by atoms with Gasteiger partial charge in [0.25, 0.3) is 0 Å². The van der Waals surface area contributed by atoms with Crippen LogP contribution in [0.25, 0.3) is 11.0 Å². The fourth-order valence-corrected chi connectivity index (χ4v) is 3.66. The van der Waals surface area contributed by atoms with Crippen molar-refractivity contribution in [2.75, 3.05) is 13.6 Å². The molecule has 1 saturated carbocycles. The van der Waals surface area contributed by atoms with Crippen LogP contribution in [0, 0.1) is 5.92 Å². The summed E-state index contributed by atoms with van der Waals surface area (Å²) in [6.45, 7) is 1.07. The number of hydrogen-bond donors (Lipinski definition) is 1. The zero-order valence-electron chi connectivity index (χ0n) is 12.0. The number of halogens is 1. The van der Waals surface area contributed by atoms with Crippen LogP contribution in [0.4, 0.5) is 0 Å². The zero-order valence-corrected chi connectivity index (χ0v) is 12.7. The molecule has 3 heteroatoms. The Morgan fingerprint density at radius 1 is 1.20 bits per heavy atom. The molecule has 1 N–H and O–H groups in total. The average Bonchev–Trinajstić information content (AvgIpc) is 2.70. The van der Waals surface area contributed by atoms with Crippen LogP contribution in [0.3, 0.4) is 0 Å². The van der Waals surface area contributed by atoms with E-state index in [0.717, 1.165) is 28.3 Å². The largest absolute Gasteiger partial charge is 0.461 e. The molecular weight excluding hydrogens is 270 g/mol. The lowest BCUT2D eigenvalue weighted by molar-refractivity contribution is 0.341. The number of rotatable bonds is 3. The summed E-state index contributed by atoms with van der Waals surface area (Å²) >= 11 is 6.07. The van der Waals surface area contributed by atoms with Crippen molar-refractivity contribution >= 4 is 22.6 Å². The number of benzene rings is 1. The SMILES string of the molecule is CNCC1CCCCCC1c1cc2cc(Cl)ccc2o1. The molecular formula is C17H22ClNO. The molecule has 1 fully saturated rings. The van der Waals surface area contributed by atoms with E-state index in [4.69, 9.17) is 16.0 Å². The Bertz CT molecular complexity index is 577. The van der Waals surface area contributed by atoms with Gasteiger partial charge in [-0.05, 0) is 56.6 Å². The second-order valence-electron chi connectivity index (χ2n) is 5.89. The molecule has 0 aliphatic heterocycles. The summed E-state index contributed by atoms with van der Waals surface area (Å²) in [5.74, 6) is 2.36. The first-order valence-electron chi connectivity index (χ1n) is 7.61. The van der Waals surface area contributed by atoms with Gasteiger partial charge in [0.2, 0.25) is 0 Å². The zero-order chi connectivity index (χ0) is 13.9. The standard InChI is InChI=1S/C17H22ClNO/c1-19-11-12-5-3-2-4-6-15(12)17-10-13-9-14(18)7-8-16(13)20-17/h7-10,12,15,19H,2-6,11H2,1H3. The maximum Gasteiger partial charge on any atom is 0.134 e. The third kappa shape index (κ3) is 2.87. The molecule has 1 aliphatic rings. The number of furan rings is 1. The van der Waals surface area contributed by atoms with Crippen LogP contribution >= 0.6 is 11.6 Å². The summed E-state index contributed by atoms with van der Waals surface area (Å²) in [5, 5.41) is 5.25. The van der Waals surface area contributed by atoms with Crippen LogP contribution in [-0.2, 0) is 0 Å². The van der Waals surface area contributed by atoms with Crippen LogP contribution in [0.2, 0.25) is 5.02 Å². The lowest BCUT2D eigenvalue weighted by Crippen LogP contribution is -2.23. The Hall–Kier alpha value is -0.990. The minimum absolute atomic E-state index is 0.538.